The molecule has 3 aromatic rings. The summed E-state index contributed by atoms with van der Waals surface area (Å²) in [5, 5.41) is 6.33. The van der Waals surface area contributed by atoms with Crippen LogP contribution in [-0.2, 0) is 17.9 Å². The summed E-state index contributed by atoms with van der Waals surface area (Å²) in [4.78, 5) is 35.0. The van der Waals surface area contributed by atoms with Gasteiger partial charge in [-0.05, 0) is 26.3 Å². The van der Waals surface area contributed by atoms with Gasteiger partial charge in [0, 0.05) is 28.9 Å². The van der Waals surface area contributed by atoms with Crippen molar-refractivity contribution in [2.45, 2.75) is 40.3 Å². The lowest BCUT2D eigenvalue weighted by Crippen LogP contribution is -2.27. The first-order chi connectivity index (χ1) is 11.5. The van der Waals surface area contributed by atoms with Crippen molar-refractivity contribution in [3.8, 4) is 0 Å². The average molecular weight is 362 g/mol. The molecular weight excluding hydrogens is 344 g/mol. The largest absolute Gasteiger partial charge is 0.350 e. The topological polar surface area (TPSA) is 76.9 Å². The molecule has 6 nitrogen and oxygen atoms in total. The van der Waals surface area contributed by atoms with Crippen LogP contribution in [0.2, 0.25) is 0 Å². The third-order valence-corrected chi connectivity index (χ3v) is 5.92. The van der Waals surface area contributed by atoms with Gasteiger partial charge in [0.25, 0.3) is 5.56 Å². The molecular formula is C16H18N4O2S2. The molecule has 3 aromatic heterocycles. The molecule has 3 rings (SSSR count). The van der Waals surface area contributed by atoms with Crippen LogP contribution in [0.1, 0.15) is 27.6 Å². The number of carbonyl (C=O) groups is 1. The van der Waals surface area contributed by atoms with Gasteiger partial charge in [-0.2, -0.15) is 0 Å². The molecule has 0 unspecified atom stereocenters. The predicted molar refractivity (Wildman–Crippen MR) is 96.7 cm³/mol. The first-order valence-electron chi connectivity index (χ1n) is 7.58. The minimum atomic E-state index is -0.104. The standard InChI is InChI=1S/C16H18N4O2S2/c1-9-7-23-13(19-9)6-17-12(21)4-5-20-8-18-15-14(16(20)22)10(2)11(3)24-15/h7-8H,4-6H2,1-3H3,(H,17,21). The van der Waals surface area contributed by atoms with E-state index in [2.05, 4.69) is 15.3 Å². The zero-order chi connectivity index (χ0) is 17.3. The molecule has 1 amide bonds. The Morgan fingerprint density at radius 2 is 2.12 bits per heavy atom. The van der Waals surface area contributed by atoms with Crippen molar-refractivity contribution >= 4 is 38.8 Å². The fourth-order valence-electron chi connectivity index (χ4n) is 2.40. The summed E-state index contributed by atoms with van der Waals surface area (Å²) in [6.07, 6.45) is 1.76. The Balaban J connectivity index is 1.65. The van der Waals surface area contributed by atoms with Crippen LogP contribution in [0.4, 0.5) is 0 Å². The molecule has 0 radical (unpaired) electrons. The molecule has 0 aromatic carbocycles. The average Bonchev–Trinajstić information content (AvgIpc) is 3.09. The monoisotopic (exact) mass is 362 g/mol. The Morgan fingerprint density at radius 1 is 1.33 bits per heavy atom. The van der Waals surface area contributed by atoms with Gasteiger partial charge in [-0.25, -0.2) is 9.97 Å². The number of amides is 1. The van der Waals surface area contributed by atoms with Crippen LogP contribution < -0.4 is 10.9 Å². The highest BCUT2D eigenvalue weighted by atomic mass is 32.1. The number of carbonyl (C=O) groups excluding carboxylic acids is 1. The lowest BCUT2D eigenvalue weighted by atomic mass is 10.2. The molecule has 126 valence electrons. The van der Waals surface area contributed by atoms with Crippen molar-refractivity contribution in [3.63, 3.8) is 0 Å². The van der Waals surface area contributed by atoms with E-state index in [4.69, 9.17) is 0 Å². The van der Waals surface area contributed by atoms with E-state index in [1.165, 1.54) is 33.6 Å². The molecule has 0 aliphatic carbocycles. The van der Waals surface area contributed by atoms with Crippen molar-refractivity contribution in [2.24, 2.45) is 0 Å². The summed E-state index contributed by atoms with van der Waals surface area (Å²) < 4.78 is 1.51. The molecule has 0 saturated carbocycles. The number of hydrogen-bond acceptors (Lipinski definition) is 6. The van der Waals surface area contributed by atoms with E-state index in [1.54, 1.807) is 0 Å². The highest BCUT2D eigenvalue weighted by Crippen LogP contribution is 2.25. The molecule has 0 atom stereocenters. The lowest BCUT2D eigenvalue weighted by molar-refractivity contribution is -0.121. The van der Waals surface area contributed by atoms with Gasteiger partial charge < -0.3 is 5.32 Å². The molecule has 1 N–H and O–H groups in total. The maximum Gasteiger partial charge on any atom is 0.262 e. The predicted octanol–water partition coefficient (Wildman–Crippen LogP) is 2.55. The van der Waals surface area contributed by atoms with E-state index < -0.39 is 0 Å². The molecule has 8 heteroatoms. The van der Waals surface area contributed by atoms with Crippen molar-refractivity contribution in [3.05, 3.63) is 43.2 Å². The molecule has 0 saturated heterocycles. The number of nitrogens with one attached hydrogen (secondary N) is 1. The van der Waals surface area contributed by atoms with E-state index in [0.717, 1.165) is 26.0 Å². The Bertz CT molecular complexity index is 955. The molecule has 0 bridgehead atoms. The minimum absolute atomic E-state index is 0.0785. The molecule has 0 fully saturated rings. The van der Waals surface area contributed by atoms with E-state index in [-0.39, 0.29) is 17.9 Å². The molecule has 24 heavy (non-hydrogen) atoms. The van der Waals surface area contributed by atoms with Gasteiger partial charge in [-0.3, -0.25) is 14.2 Å². The van der Waals surface area contributed by atoms with Gasteiger partial charge in [0.15, 0.2) is 0 Å². The number of rotatable bonds is 5. The van der Waals surface area contributed by atoms with Crippen LogP contribution in [0, 0.1) is 20.8 Å². The van der Waals surface area contributed by atoms with Gasteiger partial charge in [0.1, 0.15) is 9.84 Å². The van der Waals surface area contributed by atoms with E-state index in [0.29, 0.717) is 18.5 Å². The number of thiazole rings is 1. The fourth-order valence-corrected chi connectivity index (χ4v) is 4.10. The maximum atomic E-state index is 12.5. The van der Waals surface area contributed by atoms with Crippen LogP contribution in [0.3, 0.4) is 0 Å². The van der Waals surface area contributed by atoms with Crippen LogP contribution >= 0.6 is 22.7 Å². The number of nitrogens with zero attached hydrogens (tertiary/aromatic N) is 3. The second-order valence-electron chi connectivity index (χ2n) is 5.62. The van der Waals surface area contributed by atoms with Crippen LogP contribution in [0.15, 0.2) is 16.5 Å². The number of fused-ring (bicyclic) bond motifs is 1. The Labute approximate surface area is 147 Å². The second kappa shape index (κ2) is 6.82. The summed E-state index contributed by atoms with van der Waals surface area (Å²) in [6, 6.07) is 0. The lowest BCUT2D eigenvalue weighted by Gasteiger charge is -2.06. The van der Waals surface area contributed by atoms with Crippen molar-refractivity contribution in [1.29, 1.82) is 0 Å². The van der Waals surface area contributed by atoms with Gasteiger partial charge in [0.2, 0.25) is 5.91 Å². The van der Waals surface area contributed by atoms with Crippen LogP contribution in [0.25, 0.3) is 10.2 Å². The van der Waals surface area contributed by atoms with E-state index in [9.17, 15) is 9.59 Å². The van der Waals surface area contributed by atoms with Crippen molar-refractivity contribution in [2.75, 3.05) is 0 Å². The number of aromatic nitrogens is 3. The molecule has 0 spiro atoms. The normalized spacial score (nSPS) is 11.1. The first kappa shape index (κ1) is 16.8. The Kier molecular flexibility index (Phi) is 4.77. The van der Waals surface area contributed by atoms with Gasteiger partial charge >= 0.3 is 0 Å². The summed E-state index contributed by atoms with van der Waals surface area (Å²) in [6.45, 7) is 6.58. The third-order valence-electron chi connectivity index (χ3n) is 3.84. The highest BCUT2D eigenvalue weighted by molar-refractivity contribution is 7.18. The zero-order valence-corrected chi connectivity index (χ0v) is 15.4. The van der Waals surface area contributed by atoms with Crippen molar-refractivity contribution < 1.29 is 4.79 Å². The SMILES string of the molecule is Cc1csc(CNC(=O)CCn2cnc3sc(C)c(C)c3c2=O)n1. The van der Waals surface area contributed by atoms with Crippen LogP contribution in [-0.4, -0.2) is 20.4 Å². The Morgan fingerprint density at radius 3 is 2.83 bits per heavy atom. The minimum Gasteiger partial charge on any atom is -0.350 e. The number of thiophene rings is 1. The molecule has 3 heterocycles. The zero-order valence-electron chi connectivity index (χ0n) is 13.8. The first-order valence-corrected chi connectivity index (χ1v) is 9.28. The summed E-state index contributed by atoms with van der Waals surface area (Å²) in [7, 11) is 0. The summed E-state index contributed by atoms with van der Waals surface area (Å²) in [5.41, 5.74) is 1.85. The second-order valence-corrected chi connectivity index (χ2v) is 7.76. The number of hydrogen-bond donors (Lipinski definition) is 1. The van der Waals surface area contributed by atoms with Crippen molar-refractivity contribution in [1.82, 2.24) is 19.9 Å². The van der Waals surface area contributed by atoms with E-state index >= 15 is 0 Å². The van der Waals surface area contributed by atoms with Gasteiger partial charge in [-0.1, -0.05) is 0 Å². The third kappa shape index (κ3) is 3.39. The number of aryl methyl sites for hydroxylation is 4. The van der Waals surface area contributed by atoms with Gasteiger partial charge in [-0.15, -0.1) is 22.7 Å². The highest BCUT2D eigenvalue weighted by Gasteiger charge is 2.12. The van der Waals surface area contributed by atoms with Gasteiger partial charge in [0.05, 0.1) is 18.3 Å². The quantitative estimate of drug-likeness (QED) is 0.757. The summed E-state index contributed by atoms with van der Waals surface area (Å²) >= 11 is 3.05. The molecule has 0 aliphatic rings. The Hall–Kier alpha value is -2.06. The smallest absolute Gasteiger partial charge is 0.262 e. The molecule has 0 aliphatic heterocycles. The maximum absolute atomic E-state index is 12.5. The summed E-state index contributed by atoms with van der Waals surface area (Å²) in [5.74, 6) is -0.104. The van der Waals surface area contributed by atoms with Crippen LogP contribution in [0.5, 0.6) is 0 Å². The fraction of sp³-hybridized carbons (Fsp3) is 0.375. The van der Waals surface area contributed by atoms with E-state index in [1.807, 2.05) is 26.2 Å².